The Morgan fingerprint density at radius 1 is 0.309 bits per heavy atom. The van der Waals surface area contributed by atoms with Crippen molar-refractivity contribution in [3.63, 3.8) is 0 Å². The second-order valence-corrected chi connectivity index (χ2v) is 14.9. The molecular formula is C52H30N2O. The van der Waals surface area contributed by atoms with Crippen LogP contribution in [0, 0.1) is 0 Å². The average molecular weight is 699 g/mol. The maximum atomic E-state index is 6.19. The van der Waals surface area contributed by atoms with E-state index in [2.05, 4.69) is 179 Å². The van der Waals surface area contributed by atoms with Gasteiger partial charge in [0.25, 0.3) is 0 Å². The Morgan fingerprint density at radius 3 is 1.76 bits per heavy atom. The maximum Gasteiger partial charge on any atom is 0.135 e. The highest BCUT2D eigenvalue weighted by Crippen LogP contribution is 2.49. The average Bonchev–Trinajstić information content (AvgIpc) is 3.98. The summed E-state index contributed by atoms with van der Waals surface area (Å²) in [7, 11) is 0. The van der Waals surface area contributed by atoms with E-state index < -0.39 is 0 Å². The molecule has 0 radical (unpaired) electrons. The van der Waals surface area contributed by atoms with E-state index >= 15 is 0 Å². The monoisotopic (exact) mass is 698 g/mol. The van der Waals surface area contributed by atoms with Gasteiger partial charge in [-0.3, -0.25) is 0 Å². The summed E-state index contributed by atoms with van der Waals surface area (Å²) in [4.78, 5) is 0. The molecule has 13 rings (SSSR count). The summed E-state index contributed by atoms with van der Waals surface area (Å²) in [5, 5.41) is 9.86. The zero-order valence-electron chi connectivity index (χ0n) is 29.6. The third-order valence-corrected chi connectivity index (χ3v) is 12.1. The summed E-state index contributed by atoms with van der Waals surface area (Å²) >= 11 is 0. The van der Waals surface area contributed by atoms with Gasteiger partial charge in [-0.1, -0.05) is 121 Å². The molecule has 3 heterocycles. The highest BCUT2D eigenvalue weighted by molar-refractivity contribution is 6.19. The van der Waals surface area contributed by atoms with Gasteiger partial charge in [0.15, 0.2) is 0 Å². The number of para-hydroxylation sites is 3. The van der Waals surface area contributed by atoms with Crippen LogP contribution in [0.15, 0.2) is 186 Å². The SMILES string of the molecule is c1ccc2c(c1)-c1cccc3c(-n4c5ccccc5c5ccc(-c6ccc7c(c6)c6ccccc6n7-c6ccc7oc8ccccc8c7c6)cc54)ccc-2c13. The molecule has 0 saturated heterocycles. The number of rotatable bonds is 3. The third kappa shape index (κ3) is 3.89. The summed E-state index contributed by atoms with van der Waals surface area (Å²) in [5.41, 5.74) is 16.6. The summed E-state index contributed by atoms with van der Waals surface area (Å²) in [5.74, 6) is 0. The van der Waals surface area contributed by atoms with E-state index in [0.717, 1.165) is 27.6 Å². The van der Waals surface area contributed by atoms with E-state index in [-0.39, 0.29) is 0 Å². The molecule has 0 unspecified atom stereocenters. The first-order chi connectivity index (χ1) is 27.3. The summed E-state index contributed by atoms with van der Waals surface area (Å²) < 4.78 is 11.1. The van der Waals surface area contributed by atoms with Gasteiger partial charge in [0.1, 0.15) is 11.2 Å². The number of hydrogen-bond acceptors (Lipinski definition) is 1. The second kappa shape index (κ2) is 10.6. The van der Waals surface area contributed by atoms with Crippen LogP contribution >= 0.6 is 0 Å². The summed E-state index contributed by atoms with van der Waals surface area (Å²) in [6.45, 7) is 0. The van der Waals surface area contributed by atoms with Crippen molar-refractivity contribution in [1.29, 1.82) is 0 Å². The Hall–Kier alpha value is -7.36. The van der Waals surface area contributed by atoms with Crippen LogP contribution in [0.25, 0.3) is 121 Å². The number of benzene rings is 9. The molecule has 1 aliphatic carbocycles. The number of aromatic nitrogens is 2. The van der Waals surface area contributed by atoms with Gasteiger partial charge in [-0.15, -0.1) is 0 Å². The van der Waals surface area contributed by atoms with E-state index in [1.54, 1.807) is 0 Å². The lowest BCUT2D eigenvalue weighted by Gasteiger charge is -2.14. The summed E-state index contributed by atoms with van der Waals surface area (Å²) in [6.07, 6.45) is 0. The normalized spacial score (nSPS) is 12.4. The smallest absolute Gasteiger partial charge is 0.135 e. The molecule has 3 nitrogen and oxygen atoms in total. The number of hydrogen-bond donors (Lipinski definition) is 0. The van der Waals surface area contributed by atoms with Crippen molar-refractivity contribution in [3.8, 4) is 44.8 Å². The van der Waals surface area contributed by atoms with Crippen LogP contribution in [0.5, 0.6) is 0 Å². The van der Waals surface area contributed by atoms with Crippen LogP contribution < -0.4 is 0 Å². The number of nitrogens with zero attached hydrogens (tertiary/aromatic N) is 2. The molecule has 3 heteroatoms. The molecule has 9 aromatic carbocycles. The molecule has 0 saturated carbocycles. The minimum absolute atomic E-state index is 0.906. The molecule has 0 aliphatic heterocycles. The fourth-order valence-corrected chi connectivity index (χ4v) is 9.68. The van der Waals surface area contributed by atoms with Crippen molar-refractivity contribution in [1.82, 2.24) is 9.13 Å². The first kappa shape index (κ1) is 29.1. The molecule has 3 aromatic heterocycles. The first-order valence-electron chi connectivity index (χ1n) is 18.9. The van der Waals surface area contributed by atoms with E-state index in [1.807, 2.05) is 12.1 Å². The van der Waals surface area contributed by atoms with Crippen molar-refractivity contribution in [2.45, 2.75) is 0 Å². The zero-order chi connectivity index (χ0) is 35.8. The Kier molecular flexibility index (Phi) is 5.63. The molecule has 1 aliphatic rings. The highest BCUT2D eigenvalue weighted by atomic mass is 16.3. The molecule has 0 N–H and O–H groups in total. The standard InChI is InChI=1S/C52H30N2O/c1-2-11-35-34(10-1)40-15-9-16-42-47(26-24-41(35)52(40)42)54-46-18-7-3-12-36(46)38-23-20-32(29-49(38)54)31-21-25-48-43(28-31)37-13-4-6-17-45(37)53(48)33-22-27-51-44(30-33)39-14-5-8-19-50(39)55-51/h1-30H. The van der Waals surface area contributed by atoms with Gasteiger partial charge >= 0.3 is 0 Å². The Bertz CT molecular complexity index is 3580. The van der Waals surface area contributed by atoms with Crippen molar-refractivity contribution >= 4 is 76.3 Å². The van der Waals surface area contributed by atoms with E-state index in [0.29, 0.717) is 0 Å². The molecule has 0 amide bonds. The number of fused-ring (bicyclic) bond motifs is 12. The minimum Gasteiger partial charge on any atom is -0.456 e. The van der Waals surface area contributed by atoms with Crippen molar-refractivity contribution in [2.24, 2.45) is 0 Å². The van der Waals surface area contributed by atoms with Crippen molar-refractivity contribution in [2.75, 3.05) is 0 Å². The first-order valence-corrected chi connectivity index (χ1v) is 18.9. The molecular weight excluding hydrogens is 669 g/mol. The van der Waals surface area contributed by atoms with Crippen LogP contribution in [-0.4, -0.2) is 9.13 Å². The zero-order valence-corrected chi connectivity index (χ0v) is 29.6. The van der Waals surface area contributed by atoms with Crippen LogP contribution in [-0.2, 0) is 0 Å². The fourth-order valence-electron chi connectivity index (χ4n) is 9.68. The van der Waals surface area contributed by atoms with Gasteiger partial charge in [0.05, 0.1) is 27.8 Å². The van der Waals surface area contributed by atoms with Gasteiger partial charge in [0.2, 0.25) is 0 Å². The van der Waals surface area contributed by atoms with Crippen molar-refractivity contribution in [3.05, 3.63) is 182 Å². The second-order valence-electron chi connectivity index (χ2n) is 14.9. The molecule has 0 atom stereocenters. The minimum atomic E-state index is 0.906. The molecule has 254 valence electrons. The summed E-state index contributed by atoms with van der Waals surface area (Å²) in [6, 6.07) is 66.6. The van der Waals surface area contributed by atoms with E-state index in [1.165, 1.54) is 93.5 Å². The molecule has 55 heavy (non-hydrogen) atoms. The van der Waals surface area contributed by atoms with E-state index in [4.69, 9.17) is 4.42 Å². The lowest BCUT2D eigenvalue weighted by Crippen LogP contribution is -1.96. The van der Waals surface area contributed by atoms with Gasteiger partial charge < -0.3 is 13.6 Å². The predicted molar refractivity (Wildman–Crippen MR) is 230 cm³/mol. The third-order valence-electron chi connectivity index (χ3n) is 12.1. The van der Waals surface area contributed by atoms with Crippen LogP contribution in [0.3, 0.4) is 0 Å². The van der Waals surface area contributed by atoms with Gasteiger partial charge in [-0.25, -0.2) is 0 Å². The van der Waals surface area contributed by atoms with E-state index in [9.17, 15) is 0 Å². The molecule has 12 aromatic rings. The van der Waals surface area contributed by atoms with Crippen LogP contribution in [0.1, 0.15) is 0 Å². The topological polar surface area (TPSA) is 23.0 Å². The largest absolute Gasteiger partial charge is 0.456 e. The highest BCUT2D eigenvalue weighted by Gasteiger charge is 2.24. The molecule has 0 spiro atoms. The van der Waals surface area contributed by atoms with Gasteiger partial charge in [-0.2, -0.15) is 0 Å². The lowest BCUT2D eigenvalue weighted by atomic mass is 10.0. The lowest BCUT2D eigenvalue weighted by molar-refractivity contribution is 0.669. The Morgan fingerprint density at radius 2 is 0.909 bits per heavy atom. The Labute approximate surface area is 315 Å². The molecule has 0 fully saturated rings. The predicted octanol–water partition coefficient (Wildman–Crippen LogP) is 14.2. The Balaban J connectivity index is 1.02. The van der Waals surface area contributed by atoms with Gasteiger partial charge in [-0.05, 0) is 99.4 Å². The molecule has 0 bridgehead atoms. The fraction of sp³-hybridized carbons (Fsp3) is 0. The van der Waals surface area contributed by atoms with Crippen LogP contribution in [0.2, 0.25) is 0 Å². The number of furan rings is 1. The quantitative estimate of drug-likeness (QED) is 0.180. The van der Waals surface area contributed by atoms with Crippen LogP contribution in [0.4, 0.5) is 0 Å². The van der Waals surface area contributed by atoms with Gasteiger partial charge in [0, 0.05) is 43.4 Å². The maximum absolute atomic E-state index is 6.19. The van der Waals surface area contributed by atoms with Crippen molar-refractivity contribution < 1.29 is 4.42 Å².